The molecule has 0 saturated heterocycles. The van der Waals surface area contributed by atoms with Crippen LogP contribution in [0.1, 0.15) is 37.2 Å². The fourth-order valence-corrected chi connectivity index (χ4v) is 3.99. The molecule has 3 N–H and O–H groups in total. The lowest BCUT2D eigenvalue weighted by atomic mass is 10.1. The van der Waals surface area contributed by atoms with Gasteiger partial charge in [0, 0.05) is 31.1 Å². The van der Waals surface area contributed by atoms with E-state index < -0.39 is 17.6 Å². The first kappa shape index (κ1) is 21.9. The molecule has 158 valence electrons. The second-order valence-corrected chi connectivity index (χ2v) is 7.97. The molecule has 30 heavy (non-hydrogen) atoms. The predicted molar refractivity (Wildman–Crippen MR) is 112 cm³/mol. The summed E-state index contributed by atoms with van der Waals surface area (Å²) < 4.78 is 14.8. The van der Waals surface area contributed by atoms with Crippen molar-refractivity contribution in [3.63, 3.8) is 0 Å². The van der Waals surface area contributed by atoms with E-state index in [1.807, 2.05) is 0 Å². The quantitative estimate of drug-likeness (QED) is 0.511. The van der Waals surface area contributed by atoms with Crippen molar-refractivity contribution in [2.75, 3.05) is 18.5 Å². The number of anilines is 1. The highest BCUT2D eigenvalue weighted by molar-refractivity contribution is 7.16. The molecule has 0 atom stereocenters. The standard InChI is InChI=1S/C19H19ClFN5O3S/c1-10-19(30-16(23-10)7-11-5-12(20)8-13(21)6-11)24-18(29)15-9-14(25-26(15)2)17(28)22-3-4-27/h5-6,8-9,27H,3-4,7H2,1-2H3,(H,22,28)(H,24,29). The molecular weight excluding hydrogens is 433 g/mol. The Labute approximate surface area is 180 Å². The molecule has 3 rings (SSSR count). The van der Waals surface area contributed by atoms with Crippen LogP contribution in [0.2, 0.25) is 5.02 Å². The first-order chi connectivity index (χ1) is 14.3. The van der Waals surface area contributed by atoms with Gasteiger partial charge in [-0.05, 0) is 30.7 Å². The number of aliphatic hydroxyl groups is 1. The third kappa shape index (κ3) is 5.21. The Kier molecular flexibility index (Phi) is 6.80. The van der Waals surface area contributed by atoms with Crippen LogP contribution in [0.3, 0.4) is 0 Å². The Hall–Kier alpha value is -2.82. The zero-order chi connectivity index (χ0) is 21.8. The summed E-state index contributed by atoms with van der Waals surface area (Å²) in [6.07, 6.45) is 0.375. The molecular formula is C19H19ClFN5O3S. The maximum absolute atomic E-state index is 13.5. The minimum absolute atomic E-state index is 0.0702. The van der Waals surface area contributed by atoms with E-state index in [9.17, 15) is 14.0 Å². The number of hydrogen-bond acceptors (Lipinski definition) is 6. The number of aryl methyl sites for hydroxylation is 2. The molecule has 0 bridgehead atoms. The SMILES string of the molecule is Cc1nc(Cc2cc(F)cc(Cl)c2)sc1NC(=O)c1cc(C(=O)NCCO)nn1C. The van der Waals surface area contributed by atoms with Gasteiger partial charge in [0.1, 0.15) is 16.5 Å². The Morgan fingerprint density at radius 3 is 2.73 bits per heavy atom. The van der Waals surface area contributed by atoms with Crippen LogP contribution in [0.5, 0.6) is 0 Å². The van der Waals surface area contributed by atoms with Crippen LogP contribution < -0.4 is 10.6 Å². The number of halogens is 2. The van der Waals surface area contributed by atoms with Gasteiger partial charge in [-0.2, -0.15) is 5.10 Å². The number of carbonyl (C=O) groups is 2. The first-order valence-electron chi connectivity index (χ1n) is 8.92. The summed E-state index contributed by atoms with van der Waals surface area (Å²) in [5, 5.41) is 19.6. The van der Waals surface area contributed by atoms with Crippen LogP contribution in [0.15, 0.2) is 24.3 Å². The average Bonchev–Trinajstić information content (AvgIpc) is 3.21. The van der Waals surface area contributed by atoms with Gasteiger partial charge in [0.05, 0.1) is 17.3 Å². The van der Waals surface area contributed by atoms with Crippen molar-refractivity contribution >= 4 is 39.8 Å². The van der Waals surface area contributed by atoms with Crippen LogP contribution in [0, 0.1) is 12.7 Å². The van der Waals surface area contributed by atoms with Crippen molar-refractivity contribution < 1.29 is 19.1 Å². The molecule has 0 aliphatic heterocycles. The summed E-state index contributed by atoms with van der Waals surface area (Å²) in [6, 6.07) is 5.66. The molecule has 2 aromatic heterocycles. The van der Waals surface area contributed by atoms with E-state index in [2.05, 4.69) is 20.7 Å². The summed E-state index contributed by atoms with van der Waals surface area (Å²) in [5.41, 5.74) is 1.56. The molecule has 3 aromatic rings. The van der Waals surface area contributed by atoms with Gasteiger partial charge in [0.15, 0.2) is 5.69 Å². The van der Waals surface area contributed by atoms with E-state index in [1.54, 1.807) is 20.0 Å². The highest BCUT2D eigenvalue weighted by Crippen LogP contribution is 2.27. The highest BCUT2D eigenvalue weighted by atomic mass is 35.5. The number of nitrogens with one attached hydrogen (secondary N) is 2. The van der Waals surface area contributed by atoms with E-state index in [1.165, 1.54) is 34.2 Å². The van der Waals surface area contributed by atoms with Crippen molar-refractivity contribution in [1.29, 1.82) is 0 Å². The average molecular weight is 452 g/mol. The Balaban J connectivity index is 1.73. The van der Waals surface area contributed by atoms with Gasteiger partial charge in [-0.1, -0.05) is 11.6 Å². The van der Waals surface area contributed by atoms with Crippen molar-refractivity contribution in [3.05, 3.63) is 62.8 Å². The topological polar surface area (TPSA) is 109 Å². The minimum Gasteiger partial charge on any atom is -0.395 e. The Morgan fingerprint density at radius 1 is 1.27 bits per heavy atom. The molecule has 0 unspecified atom stereocenters. The van der Waals surface area contributed by atoms with Gasteiger partial charge in [-0.15, -0.1) is 11.3 Å². The minimum atomic E-state index is -0.483. The van der Waals surface area contributed by atoms with Crippen molar-refractivity contribution in [2.24, 2.45) is 7.05 Å². The number of nitrogens with zero attached hydrogens (tertiary/aromatic N) is 3. The Bertz CT molecular complexity index is 1080. The molecule has 0 aliphatic rings. The maximum Gasteiger partial charge on any atom is 0.274 e. The smallest absolute Gasteiger partial charge is 0.274 e. The first-order valence-corrected chi connectivity index (χ1v) is 10.1. The molecule has 0 saturated carbocycles. The zero-order valence-electron chi connectivity index (χ0n) is 16.2. The van der Waals surface area contributed by atoms with Crippen molar-refractivity contribution in [1.82, 2.24) is 20.1 Å². The van der Waals surface area contributed by atoms with E-state index in [0.717, 1.165) is 0 Å². The normalized spacial score (nSPS) is 10.8. The predicted octanol–water partition coefficient (Wildman–Crippen LogP) is 2.54. The molecule has 8 nitrogen and oxygen atoms in total. The van der Waals surface area contributed by atoms with Crippen LogP contribution in [-0.2, 0) is 13.5 Å². The lowest BCUT2D eigenvalue weighted by Gasteiger charge is -2.03. The fourth-order valence-electron chi connectivity index (χ4n) is 2.75. The molecule has 1 aromatic carbocycles. The van der Waals surface area contributed by atoms with E-state index in [0.29, 0.717) is 32.7 Å². The van der Waals surface area contributed by atoms with Gasteiger partial charge >= 0.3 is 0 Å². The molecule has 0 spiro atoms. The lowest BCUT2D eigenvalue weighted by molar-refractivity contribution is 0.0938. The molecule has 11 heteroatoms. The van der Waals surface area contributed by atoms with Crippen LogP contribution in [-0.4, -0.2) is 44.8 Å². The summed E-state index contributed by atoms with van der Waals surface area (Å²) in [7, 11) is 1.55. The highest BCUT2D eigenvalue weighted by Gasteiger charge is 2.19. The molecule has 2 heterocycles. The second kappa shape index (κ2) is 9.33. The van der Waals surface area contributed by atoms with Crippen LogP contribution >= 0.6 is 22.9 Å². The van der Waals surface area contributed by atoms with Gasteiger partial charge in [-0.3, -0.25) is 14.3 Å². The largest absolute Gasteiger partial charge is 0.395 e. The maximum atomic E-state index is 13.5. The third-order valence-corrected chi connectivity index (χ3v) is 5.38. The summed E-state index contributed by atoms with van der Waals surface area (Å²) in [4.78, 5) is 29.0. The monoisotopic (exact) mass is 451 g/mol. The van der Waals surface area contributed by atoms with Gasteiger partial charge in [0.25, 0.3) is 11.8 Å². The number of rotatable bonds is 7. The number of hydrogen-bond donors (Lipinski definition) is 3. The third-order valence-electron chi connectivity index (χ3n) is 4.09. The van der Waals surface area contributed by atoms with E-state index >= 15 is 0 Å². The number of benzene rings is 1. The summed E-state index contributed by atoms with van der Waals surface area (Å²) in [6.45, 7) is 1.65. The van der Waals surface area contributed by atoms with Gasteiger partial charge in [-0.25, -0.2) is 9.37 Å². The molecule has 0 fully saturated rings. The van der Waals surface area contributed by atoms with Crippen LogP contribution in [0.4, 0.5) is 9.39 Å². The number of amides is 2. The van der Waals surface area contributed by atoms with E-state index in [-0.39, 0.29) is 24.5 Å². The number of thiazole rings is 1. The van der Waals surface area contributed by atoms with Crippen molar-refractivity contribution in [3.8, 4) is 0 Å². The molecule has 0 aliphatic carbocycles. The van der Waals surface area contributed by atoms with E-state index in [4.69, 9.17) is 16.7 Å². The number of aliphatic hydroxyl groups excluding tert-OH is 1. The number of carbonyl (C=O) groups excluding carboxylic acids is 2. The molecule has 0 radical (unpaired) electrons. The lowest BCUT2D eigenvalue weighted by Crippen LogP contribution is -2.26. The van der Waals surface area contributed by atoms with Gasteiger partial charge < -0.3 is 15.7 Å². The van der Waals surface area contributed by atoms with Crippen LogP contribution in [0.25, 0.3) is 0 Å². The Morgan fingerprint density at radius 2 is 2.03 bits per heavy atom. The summed E-state index contributed by atoms with van der Waals surface area (Å²) in [5.74, 6) is -1.35. The van der Waals surface area contributed by atoms with Gasteiger partial charge in [0.2, 0.25) is 0 Å². The number of aromatic nitrogens is 3. The molecule has 2 amide bonds. The summed E-state index contributed by atoms with van der Waals surface area (Å²) >= 11 is 7.17. The second-order valence-electron chi connectivity index (χ2n) is 6.45. The zero-order valence-corrected chi connectivity index (χ0v) is 17.8. The van der Waals surface area contributed by atoms with Crippen molar-refractivity contribution in [2.45, 2.75) is 13.3 Å². The fraction of sp³-hybridized carbons (Fsp3) is 0.263.